The van der Waals surface area contributed by atoms with Crippen LogP contribution in [0.2, 0.25) is 0 Å². The van der Waals surface area contributed by atoms with Crippen molar-refractivity contribution in [3.05, 3.63) is 35.8 Å². The molecule has 0 bridgehead atoms. The number of nitrogens with zero attached hydrogens (tertiary/aromatic N) is 2. The van der Waals surface area contributed by atoms with Crippen molar-refractivity contribution in [2.45, 2.75) is 18.9 Å². The standard InChI is InChI=1S/C15H17N3O3/c1-20-9-3-5-11(13(7-9)21-2)18-15-10-4-6-12(19)14(10)16-8-17-15/h3,5,7-8,12,19H,4,6H2,1-2H3,(H,16,17,18). The molecule has 0 radical (unpaired) electrons. The molecule has 0 saturated heterocycles. The van der Waals surface area contributed by atoms with Gasteiger partial charge in [-0.05, 0) is 25.0 Å². The highest BCUT2D eigenvalue weighted by Gasteiger charge is 2.25. The summed E-state index contributed by atoms with van der Waals surface area (Å²) in [6, 6.07) is 5.53. The lowest BCUT2D eigenvalue weighted by Crippen LogP contribution is -2.03. The SMILES string of the molecule is COc1ccc(Nc2ncnc3c2CCC3O)c(OC)c1. The normalized spacial score (nSPS) is 16.4. The molecule has 21 heavy (non-hydrogen) atoms. The monoisotopic (exact) mass is 287 g/mol. The number of ether oxygens (including phenoxy) is 2. The van der Waals surface area contributed by atoms with E-state index in [1.54, 1.807) is 20.3 Å². The maximum atomic E-state index is 9.88. The minimum Gasteiger partial charge on any atom is -0.497 e. The lowest BCUT2D eigenvalue weighted by atomic mass is 10.2. The van der Waals surface area contributed by atoms with E-state index in [9.17, 15) is 5.11 Å². The first-order valence-electron chi connectivity index (χ1n) is 6.74. The first-order chi connectivity index (χ1) is 10.2. The lowest BCUT2D eigenvalue weighted by Gasteiger charge is -2.14. The van der Waals surface area contributed by atoms with E-state index in [0.717, 1.165) is 23.4 Å². The Morgan fingerprint density at radius 2 is 2.10 bits per heavy atom. The van der Waals surface area contributed by atoms with Gasteiger partial charge in [-0.3, -0.25) is 0 Å². The molecular formula is C15H17N3O3. The number of aliphatic hydroxyl groups is 1. The third-order valence-corrected chi connectivity index (χ3v) is 3.62. The molecule has 0 aliphatic heterocycles. The van der Waals surface area contributed by atoms with Gasteiger partial charge in [0.05, 0.1) is 31.7 Å². The van der Waals surface area contributed by atoms with E-state index in [4.69, 9.17) is 9.47 Å². The molecule has 1 unspecified atom stereocenters. The van der Waals surface area contributed by atoms with Gasteiger partial charge < -0.3 is 19.9 Å². The van der Waals surface area contributed by atoms with Crippen molar-refractivity contribution in [1.82, 2.24) is 9.97 Å². The summed E-state index contributed by atoms with van der Waals surface area (Å²) in [4.78, 5) is 8.44. The van der Waals surface area contributed by atoms with Crippen molar-refractivity contribution in [2.75, 3.05) is 19.5 Å². The highest BCUT2D eigenvalue weighted by molar-refractivity contribution is 5.68. The van der Waals surface area contributed by atoms with E-state index >= 15 is 0 Å². The number of fused-ring (bicyclic) bond motifs is 1. The fraction of sp³-hybridized carbons (Fsp3) is 0.333. The fourth-order valence-electron chi connectivity index (χ4n) is 2.51. The number of nitrogens with one attached hydrogen (secondary N) is 1. The van der Waals surface area contributed by atoms with Crippen LogP contribution in [0.25, 0.3) is 0 Å². The van der Waals surface area contributed by atoms with Crippen LogP contribution in [0, 0.1) is 0 Å². The molecule has 3 rings (SSSR count). The topological polar surface area (TPSA) is 76.5 Å². The predicted molar refractivity (Wildman–Crippen MR) is 78.1 cm³/mol. The number of aromatic nitrogens is 2. The molecule has 2 N–H and O–H groups in total. The molecule has 6 nitrogen and oxygen atoms in total. The van der Waals surface area contributed by atoms with Gasteiger partial charge in [0, 0.05) is 11.6 Å². The summed E-state index contributed by atoms with van der Waals surface area (Å²) in [5.41, 5.74) is 2.46. The number of anilines is 2. The highest BCUT2D eigenvalue weighted by atomic mass is 16.5. The van der Waals surface area contributed by atoms with Crippen LogP contribution >= 0.6 is 0 Å². The first-order valence-corrected chi connectivity index (χ1v) is 6.74. The minimum absolute atomic E-state index is 0.499. The summed E-state index contributed by atoms with van der Waals surface area (Å²) in [6.45, 7) is 0. The van der Waals surface area contributed by atoms with Gasteiger partial charge in [-0.25, -0.2) is 9.97 Å². The summed E-state index contributed by atoms with van der Waals surface area (Å²) in [7, 11) is 3.22. The zero-order valence-electron chi connectivity index (χ0n) is 12.0. The number of methoxy groups -OCH3 is 2. The molecule has 1 heterocycles. The molecule has 0 saturated carbocycles. The van der Waals surface area contributed by atoms with Crippen LogP contribution in [0.3, 0.4) is 0 Å². The van der Waals surface area contributed by atoms with Gasteiger partial charge in [-0.1, -0.05) is 0 Å². The van der Waals surface area contributed by atoms with Crippen molar-refractivity contribution in [1.29, 1.82) is 0 Å². The van der Waals surface area contributed by atoms with Gasteiger partial charge in [0.25, 0.3) is 0 Å². The Morgan fingerprint density at radius 3 is 2.86 bits per heavy atom. The van der Waals surface area contributed by atoms with Crippen molar-refractivity contribution in [3.8, 4) is 11.5 Å². The van der Waals surface area contributed by atoms with Gasteiger partial charge in [0.2, 0.25) is 0 Å². The summed E-state index contributed by atoms with van der Waals surface area (Å²) in [6.07, 6.45) is 2.41. The Hall–Kier alpha value is -2.34. The molecule has 1 aliphatic rings. The molecule has 2 aromatic rings. The van der Waals surface area contributed by atoms with E-state index in [2.05, 4.69) is 15.3 Å². The average molecular weight is 287 g/mol. The van der Waals surface area contributed by atoms with Gasteiger partial charge in [0.15, 0.2) is 0 Å². The molecular weight excluding hydrogens is 270 g/mol. The quantitative estimate of drug-likeness (QED) is 0.898. The van der Waals surface area contributed by atoms with E-state index in [-0.39, 0.29) is 0 Å². The maximum Gasteiger partial charge on any atom is 0.146 e. The number of benzene rings is 1. The Morgan fingerprint density at radius 1 is 1.24 bits per heavy atom. The van der Waals surface area contributed by atoms with Crippen LogP contribution in [-0.2, 0) is 6.42 Å². The Balaban J connectivity index is 1.95. The van der Waals surface area contributed by atoms with Crippen molar-refractivity contribution < 1.29 is 14.6 Å². The summed E-state index contributed by atoms with van der Waals surface area (Å²) >= 11 is 0. The Kier molecular flexibility index (Phi) is 3.62. The zero-order valence-corrected chi connectivity index (χ0v) is 12.0. The largest absolute Gasteiger partial charge is 0.497 e. The summed E-state index contributed by atoms with van der Waals surface area (Å²) in [5, 5.41) is 13.1. The fourth-order valence-corrected chi connectivity index (χ4v) is 2.51. The first kappa shape index (κ1) is 13.6. The van der Waals surface area contributed by atoms with E-state index < -0.39 is 6.10 Å². The van der Waals surface area contributed by atoms with E-state index in [1.807, 2.05) is 12.1 Å². The van der Waals surface area contributed by atoms with Crippen molar-refractivity contribution in [2.24, 2.45) is 0 Å². The molecule has 1 aromatic heterocycles. The molecule has 1 aliphatic carbocycles. The molecule has 1 aromatic carbocycles. The van der Waals surface area contributed by atoms with Crippen LogP contribution < -0.4 is 14.8 Å². The molecule has 0 amide bonds. The van der Waals surface area contributed by atoms with Gasteiger partial charge in [0.1, 0.15) is 23.6 Å². The minimum atomic E-state index is -0.499. The van der Waals surface area contributed by atoms with Crippen LogP contribution in [0.5, 0.6) is 11.5 Å². The number of hydrogen-bond donors (Lipinski definition) is 2. The smallest absolute Gasteiger partial charge is 0.146 e. The molecule has 0 spiro atoms. The van der Waals surface area contributed by atoms with E-state index in [1.165, 1.54) is 6.33 Å². The third kappa shape index (κ3) is 2.50. The van der Waals surface area contributed by atoms with Crippen LogP contribution in [0.4, 0.5) is 11.5 Å². The van der Waals surface area contributed by atoms with Gasteiger partial charge >= 0.3 is 0 Å². The average Bonchev–Trinajstić information content (AvgIpc) is 2.90. The third-order valence-electron chi connectivity index (χ3n) is 3.62. The maximum absolute atomic E-state index is 9.88. The number of rotatable bonds is 4. The second-order valence-corrected chi connectivity index (χ2v) is 4.83. The van der Waals surface area contributed by atoms with E-state index in [0.29, 0.717) is 23.7 Å². The highest BCUT2D eigenvalue weighted by Crippen LogP contribution is 2.36. The summed E-state index contributed by atoms with van der Waals surface area (Å²) < 4.78 is 10.5. The molecule has 110 valence electrons. The zero-order chi connectivity index (χ0) is 14.8. The van der Waals surface area contributed by atoms with Crippen molar-refractivity contribution in [3.63, 3.8) is 0 Å². The molecule has 1 atom stereocenters. The number of aliphatic hydroxyl groups excluding tert-OH is 1. The second-order valence-electron chi connectivity index (χ2n) is 4.83. The molecule has 6 heteroatoms. The lowest BCUT2D eigenvalue weighted by molar-refractivity contribution is 0.175. The van der Waals surface area contributed by atoms with Crippen LogP contribution in [-0.4, -0.2) is 29.3 Å². The second kappa shape index (κ2) is 5.57. The number of hydrogen-bond acceptors (Lipinski definition) is 6. The Labute approximate surface area is 122 Å². The Bertz CT molecular complexity index is 661. The predicted octanol–water partition coefficient (Wildman–Crippen LogP) is 2.22. The molecule has 0 fully saturated rings. The van der Waals surface area contributed by atoms with Crippen LogP contribution in [0.1, 0.15) is 23.8 Å². The summed E-state index contributed by atoms with van der Waals surface area (Å²) in [5.74, 6) is 2.10. The van der Waals surface area contributed by atoms with Gasteiger partial charge in [-0.2, -0.15) is 0 Å². The van der Waals surface area contributed by atoms with Crippen LogP contribution in [0.15, 0.2) is 24.5 Å². The van der Waals surface area contributed by atoms with Gasteiger partial charge in [-0.15, -0.1) is 0 Å². The van der Waals surface area contributed by atoms with Crippen molar-refractivity contribution >= 4 is 11.5 Å².